The summed E-state index contributed by atoms with van der Waals surface area (Å²) in [5.74, 6) is 0.890. The molecule has 104 valence electrons. The van der Waals surface area contributed by atoms with Crippen LogP contribution in [0.15, 0.2) is 24.3 Å². The topological polar surface area (TPSA) is 29.1 Å². The zero-order valence-electron chi connectivity index (χ0n) is 11.5. The highest BCUT2D eigenvalue weighted by Crippen LogP contribution is 2.23. The average Bonchev–Trinajstić information content (AvgIpc) is 2.38. The Morgan fingerprint density at radius 1 is 1.37 bits per heavy atom. The van der Waals surface area contributed by atoms with Gasteiger partial charge in [0.1, 0.15) is 0 Å². The SMILES string of the molecule is C[C@H]1CCC[C@@H](NC(=O)CCc2ccccc2Cl)C1. The van der Waals surface area contributed by atoms with Gasteiger partial charge < -0.3 is 5.32 Å². The molecule has 0 radical (unpaired) electrons. The van der Waals surface area contributed by atoms with Gasteiger partial charge in [-0.3, -0.25) is 4.79 Å². The third-order valence-corrected chi connectivity index (χ3v) is 4.25. The Labute approximate surface area is 120 Å². The summed E-state index contributed by atoms with van der Waals surface area (Å²) in [5, 5.41) is 3.91. The van der Waals surface area contributed by atoms with Crippen molar-refractivity contribution in [1.29, 1.82) is 0 Å². The Morgan fingerprint density at radius 2 is 2.16 bits per heavy atom. The molecule has 0 spiro atoms. The molecule has 1 amide bonds. The van der Waals surface area contributed by atoms with E-state index in [1.165, 1.54) is 12.8 Å². The van der Waals surface area contributed by atoms with Crippen LogP contribution in [0, 0.1) is 5.92 Å². The van der Waals surface area contributed by atoms with E-state index in [1.54, 1.807) is 0 Å². The number of carbonyl (C=O) groups is 1. The second kappa shape index (κ2) is 6.95. The fourth-order valence-electron chi connectivity index (χ4n) is 2.81. The summed E-state index contributed by atoms with van der Waals surface area (Å²) in [6.07, 6.45) is 6.02. The van der Waals surface area contributed by atoms with Crippen LogP contribution in [0.3, 0.4) is 0 Å². The quantitative estimate of drug-likeness (QED) is 0.888. The summed E-state index contributed by atoms with van der Waals surface area (Å²) in [6.45, 7) is 2.27. The summed E-state index contributed by atoms with van der Waals surface area (Å²) in [7, 11) is 0. The predicted molar refractivity (Wildman–Crippen MR) is 79.3 cm³/mol. The van der Waals surface area contributed by atoms with Gasteiger partial charge in [0.25, 0.3) is 0 Å². The van der Waals surface area contributed by atoms with Gasteiger partial charge in [-0.25, -0.2) is 0 Å². The molecule has 2 rings (SSSR count). The van der Waals surface area contributed by atoms with Crippen molar-refractivity contribution in [3.63, 3.8) is 0 Å². The molecule has 1 aliphatic rings. The zero-order valence-corrected chi connectivity index (χ0v) is 12.2. The second-order valence-corrected chi connectivity index (χ2v) is 6.03. The number of hydrogen-bond donors (Lipinski definition) is 1. The molecule has 0 saturated heterocycles. The summed E-state index contributed by atoms with van der Waals surface area (Å²) in [6, 6.07) is 8.11. The number of nitrogens with one attached hydrogen (secondary N) is 1. The first kappa shape index (κ1) is 14.4. The molecule has 1 N–H and O–H groups in total. The molecule has 1 fully saturated rings. The van der Waals surface area contributed by atoms with Crippen LogP contribution in [0.1, 0.15) is 44.6 Å². The minimum atomic E-state index is 0.152. The van der Waals surface area contributed by atoms with E-state index >= 15 is 0 Å². The summed E-state index contributed by atoms with van der Waals surface area (Å²) < 4.78 is 0. The third-order valence-electron chi connectivity index (χ3n) is 3.88. The highest BCUT2D eigenvalue weighted by molar-refractivity contribution is 6.31. The van der Waals surface area contributed by atoms with E-state index in [0.29, 0.717) is 18.9 Å². The van der Waals surface area contributed by atoms with Crippen molar-refractivity contribution >= 4 is 17.5 Å². The van der Waals surface area contributed by atoms with E-state index in [9.17, 15) is 4.79 Å². The monoisotopic (exact) mass is 279 g/mol. The summed E-state index contributed by atoms with van der Waals surface area (Å²) in [4.78, 5) is 11.9. The first-order valence-electron chi connectivity index (χ1n) is 7.18. The van der Waals surface area contributed by atoms with Gasteiger partial charge >= 0.3 is 0 Å². The van der Waals surface area contributed by atoms with E-state index < -0.39 is 0 Å². The number of aryl methyl sites for hydroxylation is 1. The normalized spacial score (nSPS) is 23.1. The van der Waals surface area contributed by atoms with Crippen LogP contribution >= 0.6 is 11.6 Å². The van der Waals surface area contributed by atoms with Gasteiger partial charge in [0.2, 0.25) is 5.91 Å². The lowest BCUT2D eigenvalue weighted by Crippen LogP contribution is -2.38. The van der Waals surface area contributed by atoms with Crippen LogP contribution in [0.4, 0.5) is 0 Å². The van der Waals surface area contributed by atoms with Gasteiger partial charge in [0.05, 0.1) is 0 Å². The number of halogens is 1. The zero-order chi connectivity index (χ0) is 13.7. The fraction of sp³-hybridized carbons (Fsp3) is 0.562. The number of amides is 1. The molecule has 1 saturated carbocycles. The van der Waals surface area contributed by atoms with E-state index in [-0.39, 0.29) is 5.91 Å². The van der Waals surface area contributed by atoms with Crippen LogP contribution < -0.4 is 5.32 Å². The van der Waals surface area contributed by atoms with Crippen molar-refractivity contribution in [2.45, 2.75) is 51.5 Å². The molecule has 0 aromatic heterocycles. The molecule has 19 heavy (non-hydrogen) atoms. The van der Waals surface area contributed by atoms with Crippen molar-refractivity contribution in [2.75, 3.05) is 0 Å². The lowest BCUT2D eigenvalue weighted by atomic mass is 9.87. The van der Waals surface area contributed by atoms with Crippen LogP contribution in [-0.4, -0.2) is 11.9 Å². The van der Waals surface area contributed by atoms with E-state index in [0.717, 1.165) is 29.3 Å². The number of benzene rings is 1. The van der Waals surface area contributed by atoms with Gasteiger partial charge in [0, 0.05) is 17.5 Å². The number of rotatable bonds is 4. The molecule has 3 heteroatoms. The Morgan fingerprint density at radius 3 is 2.89 bits per heavy atom. The molecule has 0 heterocycles. The van der Waals surface area contributed by atoms with E-state index in [2.05, 4.69) is 12.2 Å². The third kappa shape index (κ3) is 4.54. The van der Waals surface area contributed by atoms with Gasteiger partial charge in [-0.05, 0) is 36.8 Å². The smallest absolute Gasteiger partial charge is 0.220 e. The lowest BCUT2D eigenvalue weighted by Gasteiger charge is -2.27. The standard InChI is InChI=1S/C16H22ClNO/c1-12-5-4-7-14(11-12)18-16(19)10-9-13-6-2-3-8-15(13)17/h2-3,6,8,12,14H,4-5,7,9-11H2,1H3,(H,18,19)/t12-,14+/m0/s1. The highest BCUT2D eigenvalue weighted by Gasteiger charge is 2.20. The largest absolute Gasteiger partial charge is 0.353 e. The number of carbonyl (C=O) groups excluding carboxylic acids is 1. The maximum Gasteiger partial charge on any atom is 0.220 e. The highest BCUT2D eigenvalue weighted by atomic mass is 35.5. The number of hydrogen-bond acceptors (Lipinski definition) is 1. The van der Waals surface area contributed by atoms with Gasteiger partial charge in [0.15, 0.2) is 0 Å². The lowest BCUT2D eigenvalue weighted by molar-refractivity contribution is -0.122. The summed E-state index contributed by atoms with van der Waals surface area (Å²) >= 11 is 6.09. The van der Waals surface area contributed by atoms with E-state index in [1.807, 2.05) is 24.3 Å². The molecule has 1 aromatic rings. The van der Waals surface area contributed by atoms with Gasteiger partial charge in [-0.1, -0.05) is 49.6 Å². The van der Waals surface area contributed by atoms with Crippen LogP contribution in [-0.2, 0) is 11.2 Å². The van der Waals surface area contributed by atoms with Crippen molar-refractivity contribution in [2.24, 2.45) is 5.92 Å². The predicted octanol–water partition coefficient (Wildman–Crippen LogP) is 3.97. The Bertz CT molecular complexity index is 433. The summed E-state index contributed by atoms with van der Waals surface area (Å²) in [5.41, 5.74) is 1.05. The Kier molecular flexibility index (Phi) is 5.26. The molecular weight excluding hydrogens is 258 g/mol. The molecule has 1 aliphatic carbocycles. The van der Waals surface area contributed by atoms with Crippen molar-refractivity contribution in [3.8, 4) is 0 Å². The maximum atomic E-state index is 11.9. The molecule has 2 atom stereocenters. The molecular formula is C16H22ClNO. The second-order valence-electron chi connectivity index (χ2n) is 5.63. The van der Waals surface area contributed by atoms with Crippen LogP contribution in [0.2, 0.25) is 5.02 Å². The van der Waals surface area contributed by atoms with Crippen molar-refractivity contribution in [3.05, 3.63) is 34.9 Å². The maximum absolute atomic E-state index is 11.9. The molecule has 0 unspecified atom stereocenters. The Balaban J connectivity index is 1.77. The minimum Gasteiger partial charge on any atom is -0.353 e. The average molecular weight is 280 g/mol. The molecule has 2 nitrogen and oxygen atoms in total. The molecule has 0 bridgehead atoms. The minimum absolute atomic E-state index is 0.152. The van der Waals surface area contributed by atoms with Crippen molar-refractivity contribution < 1.29 is 4.79 Å². The molecule has 0 aliphatic heterocycles. The van der Waals surface area contributed by atoms with Gasteiger partial charge in [-0.2, -0.15) is 0 Å². The first-order valence-corrected chi connectivity index (χ1v) is 7.55. The molecule has 1 aromatic carbocycles. The van der Waals surface area contributed by atoms with Crippen LogP contribution in [0.25, 0.3) is 0 Å². The van der Waals surface area contributed by atoms with Gasteiger partial charge in [-0.15, -0.1) is 0 Å². The first-order chi connectivity index (χ1) is 9.15. The van der Waals surface area contributed by atoms with E-state index in [4.69, 9.17) is 11.6 Å². The van der Waals surface area contributed by atoms with Crippen molar-refractivity contribution in [1.82, 2.24) is 5.32 Å². The van der Waals surface area contributed by atoms with Crippen LogP contribution in [0.5, 0.6) is 0 Å². The fourth-order valence-corrected chi connectivity index (χ4v) is 3.04. The Hall–Kier alpha value is -1.02.